The van der Waals surface area contributed by atoms with Crippen molar-refractivity contribution >= 4 is 27.5 Å². The number of hydrogen-bond donors (Lipinski definition) is 1. The normalized spacial score (nSPS) is 12.6. The Morgan fingerprint density at radius 2 is 2.05 bits per heavy atom. The third-order valence-corrected chi connectivity index (χ3v) is 4.14. The molecule has 0 aliphatic rings. The van der Waals surface area contributed by atoms with Crippen LogP contribution in [0, 0.1) is 0 Å². The highest BCUT2D eigenvalue weighted by atomic mass is 79.9. The van der Waals surface area contributed by atoms with E-state index in [1.54, 1.807) is 0 Å². The lowest BCUT2D eigenvalue weighted by molar-refractivity contribution is 0.421. The van der Waals surface area contributed by atoms with Crippen molar-refractivity contribution in [1.82, 2.24) is 5.32 Å². The van der Waals surface area contributed by atoms with Gasteiger partial charge in [-0.15, -0.1) is 0 Å². The van der Waals surface area contributed by atoms with E-state index in [0.29, 0.717) is 0 Å². The van der Waals surface area contributed by atoms with E-state index in [4.69, 9.17) is 16.0 Å². The average molecular weight is 357 g/mol. The van der Waals surface area contributed by atoms with Crippen molar-refractivity contribution < 1.29 is 4.42 Å². The highest BCUT2D eigenvalue weighted by Crippen LogP contribution is 2.32. The van der Waals surface area contributed by atoms with Crippen molar-refractivity contribution in [1.29, 1.82) is 0 Å². The minimum atomic E-state index is 0.0170. The molecule has 1 heterocycles. The molecule has 2 rings (SSSR count). The predicted molar refractivity (Wildman–Crippen MR) is 87.4 cm³/mol. The molecule has 0 radical (unpaired) electrons. The third kappa shape index (κ3) is 3.66. The summed E-state index contributed by atoms with van der Waals surface area (Å²) in [5, 5.41) is 4.26. The molecular weight excluding hydrogens is 338 g/mol. The lowest BCUT2D eigenvalue weighted by atomic mass is 10.0. The predicted octanol–water partition coefficient (Wildman–Crippen LogP) is 5.35. The molecule has 1 atom stereocenters. The second-order valence-corrected chi connectivity index (χ2v) is 6.00. The summed E-state index contributed by atoms with van der Waals surface area (Å²) in [6.45, 7) is 5.16. The van der Waals surface area contributed by atoms with Gasteiger partial charge in [0.15, 0.2) is 0 Å². The molecule has 1 aromatic heterocycles. The number of furan rings is 1. The SMILES string of the molecule is CCCNC(c1ccc(CC)o1)c1cc(Cl)ccc1Br. The molecule has 0 saturated heterocycles. The standard InChI is InChI=1S/C16H19BrClNO/c1-3-9-19-16(15-8-6-12(4-2)20-15)13-10-11(18)5-7-14(13)17/h5-8,10,16,19H,3-4,9H2,1-2H3. The van der Waals surface area contributed by atoms with E-state index in [-0.39, 0.29) is 6.04 Å². The van der Waals surface area contributed by atoms with Crippen molar-refractivity contribution in [3.63, 3.8) is 0 Å². The van der Waals surface area contributed by atoms with Crippen LogP contribution in [0.1, 0.15) is 43.4 Å². The Morgan fingerprint density at radius 3 is 2.70 bits per heavy atom. The number of hydrogen-bond acceptors (Lipinski definition) is 2. The van der Waals surface area contributed by atoms with Gasteiger partial charge in [0.2, 0.25) is 0 Å². The first-order chi connectivity index (χ1) is 9.65. The Morgan fingerprint density at radius 1 is 1.25 bits per heavy atom. The van der Waals surface area contributed by atoms with E-state index < -0.39 is 0 Å². The van der Waals surface area contributed by atoms with Gasteiger partial charge in [0, 0.05) is 15.9 Å². The third-order valence-electron chi connectivity index (χ3n) is 3.18. The average Bonchev–Trinajstić information content (AvgIpc) is 2.92. The number of rotatable bonds is 6. The summed E-state index contributed by atoms with van der Waals surface area (Å²) in [5.74, 6) is 1.93. The molecule has 0 fully saturated rings. The highest BCUT2D eigenvalue weighted by Gasteiger charge is 2.20. The van der Waals surface area contributed by atoms with E-state index in [1.165, 1.54) is 0 Å². The van der Waals surface area contributed by atoms with Crippen LogP contribution in [0.4, 0.5) is 0 Å². The summed E-state index contributed by atoms with van der Waals surface area (Å²) in [5.41, 5.74) is 1.10. The Kier molecular flexibility index (Phi) is 5.70. The van der Waals surface area contributed by atoms with Crippen LogP contribution < -0.4 is 5.32 Å². The molecule has 0 bridgehead atoms. The number of halogens is 2. The lowest BCUT2D eigenvalue weighted by Gasteiger charge is -2.18. The first-order valence-electron chi connectivity index (χ1n) is 6.92. The maximum atomic E-state index is 6.14. The smallest absolute Gasteiger partial charge is 0.125 e. The summed E-state index contributed by atoms with van der Waals surface area (Å²) < 4.78 is 6.95. The molecule has 1 N–H and O–H groups in total. The van der Waals surface area contributed by atoms with Crippen molar-refractivity contribution in [2.75, 3.05) is 6.54 Å². The second-order valence-electron chi connectivity index (χ2n) is 4.71. The van der Waals surface area contributed by atoms with Crippen molar-refractivity contribution in [3.05, 3.63) is 56.9 Å². The molecule has 4 heteroatoms. The number of benzene rings is 1. The fraction of sp³-hybridized carbons (Fsp3) is 0.375. The van der Waals surface area contributed by atoms with Gasteiger partial charge in [-0.1, -0.05) is 41.4 Å². The summed E-state index contributed by atoms with van der Waals surface area (Å²) >= 11 is 9.74. The van der Waals surface area contributed by atoms with Crippen LogP contribution in [0.2, 0.25) is 5.02 Å². The van der Waals surface area contributed by atoms with Crippen LogP contribution in [0.25, 0.3) is 0 Å². The van der Waals surface area contributed by atoms with Gasteiger partial charge in [0.1, 0.15) is 11.5 Å². The van der Waals surface area contributed by atoms with Crippen LogP contribution in [0.15, 0.2) is 39.2 Å². The molecule has 2 aromatic rings. The zero-order chi connectivity index (χ0) is 14.5. The Bertz CT molecular complexity index is 567. The van der Waals surface area contributed by atoms with Crippen molar-refractivity contribution in [3.8, 4) is 0 Å². The topological polar surface area (TPSA) is 25.2 Å². The summed E-state index contributed by atoms with van der Waals surface area (Å²) in [6.07, 6.45) is 1.97. The molecule has 108 valence electrons. The lowest BCUT2D eigenvalue weighted by Crippen LogP contribution is -2.23. The summed E-state index contributed by atoms with van der Waals surface area (Å²) in [6, 6.07) is 9.93. The van der Waals surface area contributed by atoms with Crippen LogP contribution in [-0.2, 0) is 6.42 Å². The van der Waals surface area contributed by atoms with Gasteiger partial charge in [-0.2, -0.15) is 0 Å². The number of nitrogens with one attached hydrogen (secondary N) is 1. The van der Waals surface area contributed by atoms with Crippen LogP contribution in [0.3, 0.4) is 0 Å². The van der Waals surface area contributed by atoms with Gasteiger partial charge in [0.05, 0.1) is 6.04 Å². The minimum absolute atomic E-state index is 0.0170. The van der Waals surface area contributed by atoms with Crippen LogP contribution in [-0.4, -0.2) is 6.54 Å². The zero-order valence-electron chi connectivity index (χ0n) is 11.7. The van der Waals surface area contributed by atoms with Crippen LogP contribution in [0.5, 0.6) is 0 Å². The van der Waals surface area contributed by atoms with Gasteiger partial charge in [0.25, 0.3) is 0 Å². The maximum absolute atomic E-state index is 6.14. The molecule has 0 amide bonds. The van der Waals surface area contributed by atoms with Gasteiger partial charge in [-0.25, -0.2) is 0 Å². The Labute approximate surface area is 133 Å². The molecular formula is C16H19BrClNO. The minimum Gasteiger partial charge on any atom is -0.464 e. The summed E-state index contributed by atoms with van der Waals surface area (Å²) in [7, 11) is 0. The van der Waals surface area contributed by atoms with Gasteiger partial charge in [-0.05, 0) is 48.9 Å². The van der Waals surface area contributed by atoms with Crippen molar-refractivity contribution in [2.45, 2.75) is 32.7 Å². The first kappa shape index (κ1) is 15.6. The zero-order valence-corrected chi connectivity index (χ0v) is 14.1. The first-order valence-corrected chi connectivity index (χ1v) is 8.09. The molecule has 1 unspecified atom stereocenters. The monoisotopic (exact) mass is 355 g/mol. The molecule has 1 aromatic carbocycles. The van der Waals surface area contributed by atoms with Gasteiger partial charge < -0.3 is 9.73 Å². The van der Waals surface area contributed by atoms with Crippen molar-refractivity contribution in [2.24, 2.45) is 0 Å². The van der Waals surface area contributed by atoms with E-state index in [0.717, 1.165) is 46.0 Å². The Balaban J connectivity index is 2.38. The fourth-order valence-corrected chi connectivity index (χ4v) is 2.78. The van der Waals surface area contributed by atoms with E-state index in [2.05, 4.69) is 35.1 Å². The molecule has 2 nitrogen and oxygen atoms in total. The molecule has 20 heavy (non-hydrogen) atoms. The second kappa shape index (κ2) is 7.30. The van der Waals surface area contributed by atoms with Crippen LogP contribution >= 0.6 is 27.5 Å². The fourth-order valence-electron chi connectivity index (χ4n) is 2.13. The molecule has 0 saturated carbocycles. The quantitative estimate of drug-likeness (QED) is 0.755. The number of aryl methyl sites for hydroxylation is 1. The molecule has 0 spiro atoms. The van der Waals surface area contributed by atoms with E-state index >= 15 is 0 Å². The maximum Gasteiger partial charge on any atom is 0.125 e. The van der Waals surface area contributed by atoms with Gasteiger partial charge in [-0.3, -0.25) is 0 Å². The van der Waals surface area contributed by atoms with E-state index in [1.807, 2.05) is 30.3 Å². The molecule has 0 aliphatic heterocycles. The highest BCUT2D eigenvalue weighted by molar-refractivity contribution is 9.10. The van der Waals surface area contributed by atoms with Gasteiger partial charge >= 0.3 is 0 Å². The molecule has 0 aliphatic carbocycles. The largest absolute Gasteiger partial charge is 0.464 e. The summed E-state index contributed by atoms with van der Waals surface area (Å²) in [4.78, 5) is 0. The Hall–Kier alpha value is -0.770. The van der Waals surface area contributed by atoms with E-state index in [9.17, 15) is 0 Å².